The second-order valence-corrected chi connectivity index (χ2v) is 5.43. The quantitative estimate of drug-likeness (QED) is 0.672. The number of nitrogens with one attached hydrogen (secondary N) is 1. The number of nitrogens with two attached hydrogens (primary N) is 1. The van der Waals surface area contributed by atoms with E-state index in [1.807, 2.05) is 12.1 Å². The van der Waals surface area contributed by atoms with Gasteiger partial charge >= 0.3 is 0 Å². The molecule has 0 saturated heterocycles. The lowest BCUT2D eigenvalue weighted by atomic mass is 10.1. The van der Waals surface area contributed by atoms with Crippen molar-refractivity contribution >= 4 is 23.1 Å². The lowest BCUT2D eigenvalue weighted by Crippen LogP contribution is -2.20. The summed E-state index contributed by atoms with van der Waals surface area (Å²) in [4.78, 5) is 2.34. The third-order valence-electron chi connectivity index (χ3n) is 3.71. The molecule has 0 fully saturated rings. The number of fused-ring (bicyclic) bond motifs is 1. The average Bonchev–Trinajstić information content (AvgIpc) is 2.84. The molecule has 1 aliphatic heterocycles. The molecule has 0 bridgehead atoms. The van der Waals surface area contributed by atoms with E-state index in [4.69, 9.17) is 22.7 Å². The molecule has 20 heavy (non-hydrogen) atoms. The molecule has 3 nitrogen and oxygen atoms in total. The number of anilines is 1. The molecule has 3 N–H and O–H groups in total. The topological polar surface area (TPSA) is 53.1 Å². The van der Waals surface area contributed by atoms with Gasteiger partial charge in [-0.25, -0.2) is 0 Å². The Morgan fingerprint density at radius 1 is 1.25 bits per heavy atom. The summed E-state index contributed by atoms with van der Waals surface area (Å²) in [5.41, 5.74) is 9.89. The second-order valence-electron chi connectivity index (χ2n) is 5.02. The molecule has 0 aliphatic carbocycles. The van der Waals surface area contributed by atoms with Crippen molar-refractivity contribution < 1.29 is 0 Å². The van der Waals surface area contributed by atoms with Crippen LogP contribution in [0.4, 0.5) is 5.69 Å². The Balaban J connectivity index is 1.84. The molecule has 0 aromatic heterocycles. The Labute approximate surface area is 123 Å². The van der Waals surface area contributed by atoms with Crippen molar-refractivity contribution in [3.8, 4) is 0 Å². The van der Waals surface area contributed by atoms with Crippen molar-refractivity contribution in [1.29, 1.82) is 5.41 Å². The van der Waals surface area contributed by atoms with Gasteiger partial charge in [0.15, 0.2) is 0 Å². The van der Waals surface area contributed by atoms with Crippen LogP contribution in [0.5, 0.6) is 0 Å². The lowest BCUT2D eigenvalue weighted by molar-refractivity contribution is 0.836. The van der Waals surface area contributed by atoms with Gasteiger partial charge in [-0.15, -0.1) is 0 Å². The van der Waals surface area contributed by atoms with E-state index >= 15 is 0 Å². The van der Waals surface area contributed by atoms with Crippen LogP contribution in [0.15, 0.2) is 42.5 Å². The van der Waals surface area contributed by atoms with Gasteiger partial charge in [0.2, 0.25) is 0 Å². The van der Waals surface area contributed by atoms with Crippen LogP contribution in [0.1, 0.15) is 16.7 Å². The Kier molecular flexibility index (Phi) is 3.36. The van der Waals surface area contributed by atoms with E-state index in [1.54, 1.807) is 6.07 Å². The number of para-hydroxylation sites is 1. The summed E-state index contributed by atoms with van der Waals surface area (Å²) in [6.07, 6.45) is 1.08. The van der Waals surface area contributed by atoms with Crippen LogP contribution < -0.4 is 10.6 Å². The van der Waals surface area contributed by atoms with Gasteiger partial charge in [0, 0.05) is 29.4 Å². The molecule has 1 aliphatic rings. The van der Waals surface area contributed by atoms with Gasteiger partial charge in [0.05, 0.1) is 0 Å². The molecule has 0 saturated carbocycles. The van der Waals surface area contributed by atoms with Crippen LogP contribution in [-0.4, -0.2) is 12.4 Å². The van der Waals surface area contributed by atoms with E-state index in [0.29, 0.717) is 10.6 Å². The molecule has 2 aromatic rings. The largest absolute Gasteiger partial charge is 0.384 e. The summed E-state index contributed by atoms with van der Waals surface area (Å²) in [6, 6.07) is 14.1. The van der Waals surface area contributed by atoms with E-state index in [-0.39, 0.29) is 5.84 Å². The molecule has 4 heteroatoms. The van der Waals surface area contributed by atoms with Crippen LogP contribution in [0, 0.1) is 5.41 Å². The summed E-state index contributed by atoms with van der Waals surface area (Å²) >= 11 is 6.30. The summed E-state index contributed by atoms with van der Waals surface area (Å²) in [5.74, 6) is 0.0463. The maximum atomic E-state index is 7.43. The standard InChI is InChI=1S/C16H16ClN3/c17-14-9-12(16(18)19)5-6-13(14)10-20-8-7-11-3-1-2-4-15(11)20/h1-6,9H,7-8,10H2,(H3,18,19). The molecule has 0 radical (unpaired) electrons. The van der Waals surface area contributed by atoms with E-state index in [1.165, 1.54) is 11.3 Å². The van der Waals surface area contributed by atoms with Crippen LogP contribution in [0.25, 0.3) is 0 Å². The highest BCUT2D eigenvalue weighted by Gasteiger charge is 2.19. The fourth-order valence-electron chi connectivity index (χ4n) is 2.62. The van der Waals surface area contributed by atoms with Crippen molar-refractivity contribution in [3.63, 3.8) is 0 Å². The van der Waals surface area contributed by atoms with Crippen molar-refractivity contribution in [2.75, 3.05) is 11.4 Å². The zero-order chi connectivity index (χ0) is 14.1. The number of hydrogen-bond donors (Lipinski definition) is 2. The number of halogens is 1. The summed E-state index contributed by atoms with van der Waals surface area (Å²) < 4.78 is 0. The SMILES string of the molecule is N=C(N)c1ccc(CN2CCc3ccccc32)c(Cl)c1. The minimum atomic E-state index is 0.0463. The van der Waals surface area contributed by atoms with Gasteiger partial charge in [-0.2, -0.15) is 0 Å². The highest BCUT2D eigenvalue weighted by molar-refractivity contribution is 6.31. The Morgan fingerprint density at radius 3 is 2.80 bits per heavy atom. The predicted octanol–water partition coefficient (Wildman–Crippen LogP) is 3.19. The summed E-state index contributed by atoms with van der Waals surface area (Å²) in [7, 11) is 0. The van der Waals surface area contributed by atoms with Crippen molar-refractivity contribution in [2.24, 2.45) is 5.73 Å². The van der Waals surface area contributed by atoms with Gasteiger partial charge in [0.25, 0.3) is 0 Å². The van der Waals surface area contributed by atoms with Crippen LogP contribution in [-0.2, 0) is 13.0 Å². The van der Waals surface area contributed by atoms with Crippen molar-refractivity contribution in [1.82, 2.24) is 0 Å². The van der Waals surface area contributed by atoms with Crippen LogP contribution in [0.3, 0.4) is 0 Å². The fourth-order valence-corrected chi connectivity index (χ4v) is 2.86. The molecular weight excluding hydrogens is 270 g/mol. The molecule has 0 unspecified atom stereocenters. The number of benzene rings is 2. The Morgan fingerprint density at radius 2 is 2.05 bits per heavy atom. The molecule has 1 heterocycles. The van der Waals surface area contributed by atoms with Crippen LogP contribution >= 0.6 is 11.6 Å². The number of amidine groups is 1. The summed E-state index contributed by atoms with van der Waals surface area (Å²) in [5, 5.41) is 8.10. The third kappa shape index (κ3) is 2.37. The molecule has 3 rings (SSSR count). The zero-order valence-electron chi connectivity index (χ0n) is 11.1. The minimum absolute atomic E-state index is 0.0463. The van der Waals surface area contributed by atoms with Crippen molar-refractivity contribution in [3.05, 3.63) is 64.2 Å². The highest BCUT2D eigenvalue weighted by Crippen LogP contribution is 2.30. The molecular formula is C16H16ClN3. The second kappa shape index (κ2) is 5.17. The van der Waals surface area contributed by atoms with Gasteiger partial charge in [0.1, 0.15) is 5.84 Å². The lowest BCUT2D eigenvalue weighted by Gasteiger charge is -2.20. The van der Waals surface area contributed by atoms with Gasteiger partial charge < -0.3 is 10.6 Å². The normalized spacial score (nSPS) is 13.3. The third-order valence-corrected chi connectivity index (χ3v) is 4.06. The Bertz CT molecular complexity index is 667. The molecule has 2 aromatic carbocycles. The monoisotopic (exact) mass is 285 g/mol. The maximum absolute atomic E-state index is 7.43. The highest BCUT2D eigenvalue weighted by atomic mass is 35.5. The zero-order valence-corrected chi connectivity index (χ0v) is 11.8. The first kappa shape index (κ1) is 13.0. The van der Waals surface area contributed by atoms with Gasteiger partial charge in [-0.1, -0.05) is 41.9 Å². The van der Waals surface area contributed by atoms with E-state index < -0.39 is 0 Å². The van der Waals surface area contributed by atoms with Crippen molar-refractivity contribution in [2.45, 2.75) is 13.0 Å². The molecule has 0 spiro atoms. The maximum Gasteiger partial charge on any atom is 0.122 e. The predicted molar refractivity (Wildman–Crippen MR) is 83.7 cm³/mol. The first-order chi connectivity index (χ1) is 9.65. The smallest absolute Gasteiger partial charge is 0.122 e. The van der Waals surface area contributed by atoms with E-state index in [0.717, 1.165) is 25.1 Å². The molecule has 102 valence electrons. The fraction of sp³-hybridized carbons (Fsp3) is 0.188. The number of nitrogens with zero attached hydrogens (tertiary/aromatic N) is 1. The summed E-state index contributed by atoms with van der Waals surface area (Å²) in [6.45, 7) is 1.80. The first-order valence-corrected chi connectivity index (χ1v) is 6.98. The average molecular weight is 286 g/mol. The van der Waals surface area contributed by atoms with E-state index in [9.17, 15) is 0 Å². The van der Waals surface area contributed by atoms with Crippen LogP contribution in [0.2, 0.25) is 5.02 Å². The minimum Gasteiger partial charge on any atom is -0.384 e. The number of rotatable bonds is 3. The number of nitrogen functional groups attached to an aromatic ring is 1. The molecule has 0 atom stereocenters. The van der Waals surface area contributed by atoms with E-state index in [2.05, 4.69) is 29.2 Å². The molecule has 0 amide bonds. The van der Waals surface area contributed by atoms with Gasteiger partial charge in [-0.05, 0) is 29.7 Å². The number of hydrogen-bond acceptors (Lipinski definition) is 2. The first-order valence-electron chi connectivity index (χ1n) is 6.61. The Hall–Kier alpha value is -2.00. The van der Waals surface area contributed by atoms with Gasteiger partial charge in [-0.3, -0.25) is 5.41 Å².